The van der Waals surface area contributed by atoms with Gasteiger partial charge in [-0.05, 0) is 35.4 Å². The molecule has 0 radical (unpaired) electrons. The molecular weight excluding hydrogens is 356 g/mol. The molecule has 0 bridgehead atoms. The minimum atomic E-state index is 0.0890. The maximum Gasteiger partial charge on any atom is 0.228 e. The van der Waals surface area contributed by atoms with Crippen molar-refractivity contribution in [3.05, 3.63) is 57.7 Å². The second kappa shape index (κ2) is 7.96. The fourth-order valence-electron chi connectivity index (χ4n) is 2.29. The van der Waals surface area contributed by atoms with Crippen LogP contribution >= 0.6 is 34.4 Å². The molecule has 1 amide bonds. The third kappa shape index (κ3) is 4.26. The summed E-state index contributed by atoms with van der Waals surface area (Å²) in [5.74, 6) is 0.0890. The van der Waals surface area contributed by atoms with Gasteiger partial charge in [0.15, 0.2) is 0 Å². The zero-order valence-electron chi connectivity index (χ0n) is 13.6. The molecule has 6 heteroatoms. The number of thiazole rings is 1. The van der Waals surface area contributed by atoms with Gasteiger partial charge in [0.2, 0.25) is 5.91 Å². The Morgan fingerprint density at radius 1 is 1.21 bits per heavy atom. The average Bonchev–Trinajstić information content (AvgIpc) is 3.26. The van der Waals surface area contributed by atoms with Crippen LogP contribution in [0.5, 0.6) is 0 Å². The summed E-state index contributed by atoms with van der Waals surface area (Å²) in [4.78, 5) is 20.0. The van der Waals surface area contributed by atoms with Gasteiger partial charge in [-0.2, -0.15) is 11.3 Å². The van der Waals surface area contributed by atoms with E-state index in [1.165, 1.54) is 4.90 Å². The summed E-state index contributed by atoms with van der Waals surface area (Å²) < 4.78 is 0. The van der Waals surface area contributed by atoms with Crippen molar-refractivity contribution in [3.8, 4) is 10.6 Å². The third-order valence-corrected chi connectivity index (χ3v) is 6.02. The summed E-state index contributed by atoms with van der Waals surface area (Å²) in [5, 5.41) is 7.08. The van der Waals surface area contributed by atoms with Crippen LogP contribution in [0.4, 0.5) is 0 Å². The number of carbonyl (C=O) groups excluding carboxylic acids is 1. The summed E-state index contributed by atoms with van der Waals surface area (Å²) in [6.45, 7) is 0.620. The Labute approximate surface area is 154 Å². The van der Waals surface area contributed by atoms with Crippen LogP contribution in [0.15, 0.2) is 51.4 Å². The topological polar surface area (TPSA) is 33.2 Å². The molecule has 0 spiro atoms. The first-order valence-electron chi connectivity index (χ1n) is 7.49. The Hall–Kier alpha value is -1.63. The minimum absolute atomic E-state index is 0.0890. The summed E-state index contributed by atoms with van der Waals surface area (Å²) in [7, 11) is 1.84. The van der Waals surface area contributed by atoms with E-state index in [-0.39, 0.29) is 5.91 Å². The van der Waals surface area contributed by atoms with Crippen molar-refractivity contribution < 1.29 is 4.79 Å². The second-order valence-electron chi connectivity index (χ2n) is 5.43. The van der Waals surface area contributed by atoms with E-state index in [0.717, 1.165) is 21.8 Å². The smallest absolute Gasteiger partial charge is 0.228 e. The summed E-state index contributed by atoms with van der Waals surface area (Å²) in [5.41, 5.74) is 3.11. The highest BCUT2D eigenvalue weighted by Crippen LogP contribution is 2.26. The quantitative estimate of drug-likeness (QED) is 0.581. The monoisotopic (exact) mass is 374 g/mol. The number of benzene rings is 1. The molecule has 2 heterocycles. The van der Waals surface area contributed by atoms with Crippen LogP contribution in [-0.2, 0) is 17.8 Å². The molecule has 0 N–H and O–H groups in total. The zero-order valence-corrected chi connectivity index (χ0v) is 16.0. The highest BCUT2D eigenvalue weighted by atomic mass is 32.2. The largest absolute Gasteiger partial charge is 0.341 e. The highest BCUT2D eigenvalue weighted by molar-refractivity contribution is 7.98. The number of likely N-dealkylation sites (N-methyl/N-ethyl adjacent to an activating group) is 1. The van der Waals surface area contributed by atoms with E-state index in [4.69, 9.17) is 0 Å². The number of thiophene rings is 1. The van der Waals surface area contributed by atoms with E-state index in [1.807, 2.05) is 17.8 Å². The normalized spacial score (nSPS) is 10.8. The summed E-state index contributed by atoms with van der Waals surface area (Å²) in [6.07, 6.45) is 2.41. The predicted molar refractivity (Wildman–Crippen MR) is 104 cm³/mol. The fourth-order valence-corrected chi connectivity index (χ4v) is 4.23. The van der Waals surface area contributed by atoms with Gasteiger partial charge in [-0.1, -0.05) is 12.1 Å². The first kappa shape index (κ1) is 17.2. The van der Waals surface area contributed by atoms with Crippen molar-refractivity contribution in [2.45, 2.75) is 17.9 Å². The van der Waals surface area contributed by atoms with Gasteiger partial charge in [0.1, 0.15) is 5.01 Å². The van der Waals surface area contributed by atoms with Crippen LogP contribution in [-0.4, -0.2) is 29.1 Å². The first-order valence-corrected chi connectivity index (χ1v) is 10.5. The molecule has 24 heavy (non-hydrogen) atoms. The van der Waals surface area contributed by atoms with Crippen molar-refractivity contribution in [1.82, 2.24) is 9.88 Å². The summed E-state index contributed by atoms with van der Waals surface area (Å²) in [6, 6.07) is 10.4. The lowest BCUT2D eigenvalue weighted by molar-refractivity contribution is -0.129. The van der Waals surface area contributed by atoms with Gasteiger partial charge in [0.25, 0.3) is 0 Å². The lowest BCUT2D eigenvalue weighted by atomic mass is 10.2. The number of hydrogen-bond donors (Lipinski definition) is 0. The fraction of sp³-hybridized carbons (Fsp3) is 0.222. The molecule has 3 aromatic rings. The Balaban J connectivity index is 1.59. The number of amides is 1. The molecule has 0 unspecified atom stereocenters. The van der Waals surface area contributed by atoms with Crippen LogP contribution in [0, 0.1) is 0 Å². The number of hydrogen-bond acceptors (Lipinski definition) is 5. The Kier molecular flexibility index (Phi) is 5.71. The molecule has 0 atom stereocenters. The molecule has 0 aliphatic rings. The van der Waals surface area contributed by atoms with E-state index in [0.29, 0.717) is 13.0 Å². The molecular formula is C18H18N2OS3. The van der Waals surface area contributed by atoms with Crippen molar-refractivity contribution in [3.63, 3.8) is 0 Å². The van der Waals surface area contributed by atoms with Gasteiger partial charge in [-0.25, -0.2) is 4.98 Å². The number of aromatic nitrogens is 1. The second-order valence-corrected chi connectivity index (χ2v) is 7.95. The van der Waals surface area contributed by atoms with Crippen LogP contribution in [0.2, 0.25) is 0 Å². The van der Waals surface area contributed by atoms with Crippen LogP contribution in [0.3, 0.4) is 0 Å². The Bertz CT molecular complexity index is 794. The van der Waals surface area contributed by atoms with Crippen molar-refractivity contribution in [2.75, 3.05) is 13.3 Å². The SMILES string of the molecule is CSc1ccc(CN(C)C(=O)Cc2csc(-c3ccsc3)n2)cc1. The Morgan fingerprint density at radius 2 is 2.00 bits per heavy atom. The highest BCUT2D eigenvalue weighted by Gasteiger charge is 2.13. The number of rotatable bonds is 6. The molecule has 3 rings (SSSR count). The zero-order chi connectivity index (χ0) is 16.9. The Morgan fingerprint density at radius 3 is 2.67 bits per heavy atom. The van der Waals surface area contributed by atoms with Gasteiger partial charge in [-0.3, -0.25) is 4.79 Å². The number of nitrogens with zero attached hydrogens (tertiary/aromatic N) is 2. The van der Waals surface area contributed by atoms with E-state index in [9.17, 15) is 4.79 Å². The van der Waals surface area contributed by atoms with Crippen LogP contribution in [0.25, 0.3) is 10.6 Å². The number of thioether (sulfide) groups is 1. The molecule has 0 saturated carbocycles. The van der Waals surface area contributed by atoms with E-state index in [1.54, 1.807) is 39.3 Å². The lowest BCUT2D eigenvalue weighted by Gasteiger charge is -2.17. The minimum Gasteiger partial charge on any atom is -0.341 e. The van der Waals surface area contributed by atoms with Gasteiger partial charge < -0.3 is 4.90 Å². The van der Waals surface area contributed by atoms with Crippen LogP contribution < -0.4 is 0 Å². The first-order chi connectivity index (χ1) is 11.7. The number of carbonyl (C=O) groups is 1. The maximum atomic E-state index is 12.4. The van der Waals surface area contributed by atoms with Crippen molar-refractivity contribution in [2.24, 2.45) is 0 Å². The molecule has 0 aliphatic carbocycles. The third-order valence-electron chi connectivity index (χ3n) is 3.66. The molecule has 0 fully saturated rings. The molecule has 0 saturated heterocycles. The van der Waals surface area contributed by atoms with E-state index < -0.39 is 0 Å². The standard InChI is InChI=1S/C18H18N2OS3/c1-20(10-13-3-5-16(22-2)6-4-13)17(21)9-15-12-24-18(19-15)14-7-8-23-11-14/h3-8,11-12H,9-10H2,1-2H3. The van der Waals surface area contributed by atoms with Gasteiger partial charge in [0.05, 0.1) is 12.1 Å². The lowest BCUT2D eigenvalue weighted by Crippen LogP contribution is -2.27. The molecule has 1 aromatic carbocycles. The summed E-state index contributed by atoms with van der Waals surface area (Å²) >= 11 is 4.97. The van der Waals surface area contributed by atoms with E-state index in [2.05, 4.69) is 47.0 Å². The average molecular weight is 375 g/mol. The molecule has 0 aliphatic heterocycles. The molecule has 124 valence electrons. The van der Waals surface area contributed by atoms with Crippen LogP contribution in [0.1, 0.15) is 11.3 Å². The predicted octanol–water partition coefficient (Wildman–Crippen LogP) is 4.79. The van der Waals surface area contributed by atoms with Gasteiger partial charge in [-0.15, -0.1) is 23.1 Å². The molecule has 2 aromatic heterocycles. The molecule has 3 nitrogen and oxygen atoms in total. The van der Waals surface area contributed by atoms with E-state index >= 15 is 0 Å². The van der Waals surface area contributed by atoms with Crippen molar-refractivity contribution in [1.29, 1.82) is 0 Å². The van der Waals surface area contributed by atoms with Gasteiger partial charge >= 0.3 is 0 Å². The maximum absolute atomic E-state index is 12.4. The van der Waals surface area contributed by atoms with Gasteiger partial charge in [0, 0.05) is 34.8 Å². The van der Waals surface area contributed by atoms with Crippen molar-refractivity contribution >= 4 is 40.3 Å².